The standard InChI is InChI=1S/C25H20O6/c1-15-11-20(30-25(27)17-5-4-6-19(13-17)29-3)14-21-23(15)24(26)22(31-21)12-16-7-9-18(28-2)10-8-16/h4-14H,1-3H3/b22-12-. The number of rotatable bonds is 5. The van der Waals surface area contributed by atoms with Crippen molar-refractivity contribution in [2.75, 3.05) is 14.2 Å². The molecule has 0 fully saturated rings. The van der Waals surface area contributed by atoms with Gasteiger partial charge in [-0.3, -0.25) is 4.79 Å². The molecule has 1 aliphatic rings. The van der Waals surface area contributed by atoms with Gasteiger partial charge in [-0.15, -0.1) is 0 Å². The molecule has 0 saturated carbocycles. The van der Waals surface area contributed by atoms with Crippen molar-refractivity contribution in [1.29, 1.82) is 0 Å². The molecule has 0 atom stereocenters. The maximum atomic E-state index is 12.8. The highest BCUT2D eigenvalue weighted by molar-refractivity contribution is 6.15. The van der Waals surface area contributed by atoms with Crippen LogP contribution >= 0.6 is 0 Å². The van der Waals surface area contributed by atoms with Crippen molar-refractivity contribution in [3.63, 3.8) is 0 Å². The molecule has 0 radical (unpaired) electrons. The Bertz CT molecular complexity index is 1190. The lowest BCUT2D eigenvalue weighted by molar-refractivity contribution is 0.0734. The number of allylic oxidation sites excluding steroid dienone is 1. The van der Waals surface area contributed by atoms with Crippen LogP contribution in [-0.4, -0.2) is 26.0 Å². The van der Waals surface area contributed by atoms with Gasteiger partial charge < -0.3 is 18.9 Å². The highest BCUT2D eigenvalue weighted by atomic mass is 16.5. The molecule has 4 rings (SSSR count). The van der Waals surface area contributed by atoms with Gasteiger partial charge in [0.05, 0.1) is 25.3 Å². The molecule has 3 aromatic carbocycles. The second-order valence-corrected chi connectivity index (χ2v) is 6.95. The summed E-state index contributed by atoms with van der Waals surface area (Å²) < 4.78 is 21.6. The molecule has 0 unspecified atom stereocenters. The van der Waals surface area contributed by atoms with E-state index in [9.17, 15) is 9.59 Å². The Morgan fingerprint density at radius 3 is 2.35 bits per heavy atom. The van der Waals surface area contributed by atoms with E-state index in [-0.39, 0.29) is 11.5 Å². The Kier molecular flexibility index (Phi) is 5.45. The Morgan fingerprint density at radius 1 is 0.903 bits per heavy atom. The molecule has 0 saturated heterocycles. The number of carbonyl (C=O) groups excluding carboxylic acids is 2. The summed E-state index contributed by atoms with van der Waals surface area (Å²) >= 11 is 0. The number of benzene rings is 3. The Balaban J connectivity index is 1.58. The molecule has 0 spiro atoms. The molecular formula is C25H20O6. The first-order valence-corrected chi connectivity index (χ1v) is 9.57. The molecule has 1 aliphatic heterocycles. The molecule has 1 heterocycles. The Morgan fingerprint density at radius 2 is 1.65 bits per heavy atom. The van der Waals surface area contributed by atoms with E-state index < -0.39 is 5.97 Å². The lowest BCUT2D eigenvalue weighted by Crippen LogP contribution is -2.09. The molecule has 6 heteroatoms. The van der Waals surface area contributed by atoms with Gasteiger partial charge in [0.2, 0.25) is 5.78 Å². The third-order valence-corrected chi connectivity index (χ3v) is 4.87. The third-order valence-electron chi connectivity index (χ3n) is 4.87. The number of methoxy groups -OCH3 is 2. The fourth-order valence-corrected chi connectivity index (χ4v) is 3.30. The van der Waals surface area contributed by atoms with Crippen LogP contribution in [0.15, 0.2) is 66.4 Å². The van der Waals surface area contributed by atoms with Crippen LogP contribution in [-0.2, 0) is 0 Å². The van der Waals surface area contributed by atoms with Crippen LogP contribution in [0, 0.1) is 6.92 Å². The summed E-state index contributed by atoms with van der Waals surface area (Å²) in [6.45, 7) is 1.78. The van der Waals surface area contributed by atoms with Gasteiger partial charge in [-0.2, -0.15) is 0 Å². The first-order valence-electron chi connectivity index (χ1n) is 9.57. The van der Waals surface area contributed by atoms with Gasteiger partial charge in [0.1, 0.15) is 23.0 Å². The van der Waals surface area contributed by atoms with E-state index in [0.29, 0.717) is 33.9 Å². The average Bonchev–Trinajstić information content (AvgIpc) is 3.09. The molecule has 0 aromatic heterocycles. The first-order chi connectivity index (χ1) is 15.0. The molecule has 0 bridgehead atoms. The second kappa shape index (κ2) is 8.36. The number of fused-ring (bicyclic) bond motifs is 1. The van der Waals surface area contributed by atoms with Gasteiger partial charge in [0, 0.05) is 6.07 Å². The zero-order valence-electron chi connectivity index (χ0n) is 17.3. The smallest absolute Gasteiger partial charge is 0.343 e. The maximum absolute atomic E-state index is 12.8. The predicted octanol–water partition coefficient (Wildman–Crippen LogP) is 4.85. The zero-order chi connectivity index (χ0) is 22.0. The topological polar surface area (TPSA) is 71.1 Å². The van der Waals surface area contributed by atoms with Crippen LogP contribution < -0.4 is 18.9 Å². The van der Waals surface area contributed by atoms with Gasteiger partial charge in [0.25, 0.3) is 0 Å². The number of hydrogen-bond donors (Lipinski definition) is 0. The summed E-state index contributed by atoms with van der Waals surface area (Å²) in [6, 6.07) is 17.2. The van der Waals surface area contributed by atoms with Crippen LogP contribution in [0.2, 0.25) is 0 Å². The van der Waals surface area contributed by atoms with E-state index in [1.54, 1.807) is 68.6 Å². The first kappa shape index (κ1) is 20.2. The van der Waals surface area contributed by atoms with Gasteiger partial charge in [-0.05, 0) is 60.5 Å². The summed E-state index contributed by atoms with van der Waals surface area (Å²) in [5.74, 6) is 1.40. The van der Waals surface area contributed by atoms with E-state index in [2.05, 4.69) is 0 Å². The molecule has 0 N–H and O–H groups in total. The van der Waals surface area contributed by atoms with Crippen molar-refractivity contribution in [2.24, 2.45) is 0 Å². The monoisotopic (exact) mass is 416 g/mol. The summed E-state index contributed by atoms with van der Waals surface area (Å²) in [6.07, 6.45) is 1.67. The quantitative estimate of drug-likeness (QED) is 0.336. The van der Waals surface area contributed by atoms with Crippen molar-refractivity contribution < 1.29 is 28.5 Å². The summed E-state index contributed by atoms with van der Waals surface area (Å²) in [5.41, 5.74) is 2.28. The van der Waals surface area contributed by atoms with Crippen LogP contribution in [0.1, 0.15) is 31.8 Å². The number of carbonyl (C=O) groups is 2. The number of ketones is 1. The number of aryl methyl sites for hydroxylation is 1. The van der Waals surface area contributed by atoms with Crippen molar-refractivity contribution in [2.45, 2.75) is 6.92 Å². The fourth-order valence-electron chi connectivity index (χ4n) is 3.30. The van der Waals surface area contributed by atoms with Gasteiger partial charge in [-0.1, -0.05) is 18.2 Å². The molecule has 6 nitrogen and oxygen atoms in total. The Labute approximate surface area is 179 Å². The van der Waals surface area contributed by atoms with E-state index in [4.69, 9.17) is 18.9 Å². The van der Waals surface area contributed by atoms with E-state index >= 15 is 0 Å². The molecule has 31 heavy (non-hydrogen) atoms. The summed E-state index contributed by atoms with van der Waals surface area (Å²) in [7, 11) is 3.12. The summed E-state index contributed by atoms with van der Waals surface area (Å²) in [5, 5.41) is 0. The number of ether oxygens (including phenoxy) is 4. The highest BCUT2D eigenvalue weighted by Gasteiger charge is 2.30. The minimum Gasteiger partial charge on any atom is -0.497 e. The fraction of sp³-hybridized carbons (Fsp3) is 0.120. The Hall–Kier alpha value is -4.06. The lowest BCUT2D eigenvalue weighted by atomic mass is 10.0. The van der Waals surface area contributed by atoms with E-state index in [0.717, 1.165) is 11.3 Å². The molecule has 0 aliphatic carbocycles. The third kappa shape index (κ3) is 4.14. The molecule has 0 amide bonds. The van der Waals surface area contributed by atoms with Gasteiger partial charge in [0.15, 0.2) is 5.76 Å². The lowest BCUT2D eigenvalue weighted by Gasteiger charge is -2.08. The molecule has 156 valence electrons. The van der Waals surface area contributed by atoms with Gasteiger partial charge >= 0.3 is 5.97 Å². The minimum absolute atomic E-state index is 0.208. The van der Waals surface area contributed by atoms with Gasteiger partial charge in [-0.25, -0.2) is 4.79 Å². The number of Topliss-reactive ketones (excluding diaryl/α,β-unsaturated/α-hetero) is 1. The molecule has 3 aromatic rings. The van der Waals surface area contributed by atoms with Crippen molar-refractivity contribution in [3.05, 3.63) is 88.7 Å². The SMILES string of the molecule is COc1ccc(/C=C2\Oc3cc(OC(=O)c4cccc(OC)c4)cc(C)c3C2=O)cc1. The normalized spacial score (nSPS) is 13.5. The largest absolute Gasteiger partial charge is 0.497 e. The van der Waals surface area contributed by atoms with E-state index in [1.165, 1.54) is 7.11 Å². The minimum atomic E-state index is -0.531. The van der Waals surface area contributed by atoms with Crippen LogP contribution in [0.5, 0.6) is 23.0 Å². The van der Waals surface area contributed by atoms with E-state index in [1.807, 2.05) is 12.1 Å². The zero-order valence-corrected chi connectivity index (χ0v) is 17.3. The highest BCUT2D eigenvalue weighted by Crippen LogP contribution is 2.37. The number of esters is 1. The second-order valence-electron chi connectivity index (χ2n) is 6.95. The molecular weight excluding hydrogens is 396 g/mol. The van der Waals surface area contributed by atoms with Crippen molar-refractivity contribution >= 4 is 17.8 Å². The van der Waals surface area contributed by atoms with Crippen molar-refractivity contribution in [1.82, 2.24) is 0 Å². The predicted molar refractivity (Wildman–Crippen MR) is 115 cm³/mol. The van der Waals surface area contributed by atoms with Crippen LogP contribution in [0.3, 0.4) is 0 Å². The number of hydrogen-bond acceptors (Lipinski definition) is 6. The van der Waals surface area contributed by atoms with Crippen molar-refractivity contribution in [3.8, 4) is 23.0 Å². The average molecular weight is 416 g/mol. The summed E-state index contributed by atoms with van der Waals surface area (Å²) in [4.78, 5) is 25.3. The maximum Gasteiger partial charge on any atom is 0.343 e. The van der Waals surface area contributed by atoms with Crippen LogP contribution in [0.4, 0.5) is 0 Å². The van der Waals surface area contributed by atoms with Crippen LogP contribution in [0.25, 0.3) is 6.08 Å².